The molecule has 1 aromatic heterocycles. The van der Waals surface area contributed by atoms with E-state index in [1.54, 1.807) is 4.90 Å². The average molecular weight is 469 g/mol. The summed E-state index contributed by atoms with van der Waals surface area (Å²) in [5.41, 5.74) is 4.26. The van der Waals surface area contributed by atoms with Crippen LogP contribution in [0.2, 0.25) is 0 Å². The molecule has 0 spiro atoms. The Morgan fingerprint density at radius 1 is 1.14 bits per heavy atom. The van der Waals surface area contributed by atoms with Crippen molar-refractivity contribution in [2.75, 3.05) is 18.1 Å². The molecule has 176 valence electrons. The lowest BCUT2D eigenvalue weighted by atomic mass is 9.71. The maximum absolute atomic E-state index is 12.5. The third kappa shape index (κ3) is 4.17. The molecule has 2 N–H and O–H groups in total. The van der Waals surface area contributed by atoms with Crippen LogP contribution in [0, 0.1) is 11.3 Å². The molecule has 0 saturated heterocycles. The second-order valence-corrected chi connectivity index (χ2v) is 8.76. The van der Waals surface area contributed by atoms with E-state index < -0.39 is 11.6 Å². The fraction of sp³-hybridized carbons (Fsp3) is 0.259. The molecular formula is C27H24N4O4. The van der Waals surface area contributed by atoms with Crippen LogP contribution in [0.15, 0.2) is 60.7 Å². The lowest BCUT2D eigenvalue weighted by Gasteiger charge is -2.42. The molecule has 1 saturated carbocycles. The van der Waals surface area contributed by atoms with Gasteiger partial charge in [0.05, 0.1) is 23.7 Å². The van der Waals surface area contributed by atoms with Gasteiger partial charge in [-0.2, -0.15) is 5.26 Å². The summed E-state index contributed by atoms with van der Waals surface area (Å²) >= 11 is 0. The van der Waals surface area contributed by atoms with E-state index in [0.717, 1.165) is 41.5 Å². The zero-order valence-corrected chi connectivity index (χ0v) is 19.0. The number of carbonyl (C=O) groups is 2. The van der Waals surface area contributed by atoms with Gasteiger partial charge in [0, 0.05) is 17.7 Å². The van der Waals surface area contributed by atoms with Crippen molar-refractivity contribution in [2.24, 2.45) is 0 Å². The molecule has 0 radical (unpaired) electrons. The van der Waals surface area contributed by atoms with Gasteiger partial charge in [-0.3, -0.25) is 4.79 Å². The number of carbonyl (C=O) groups excluding carboxylic acids is 1. The maximum atomic E-state index is 12.5. The van der Waals surface area contributed by atoms with Crippen LogP contribution in [0.5, 0.6) is 5.88 Å². The van der Waals surface area contributed by atoms with Gasteiger partial charge in [-0.25, -0.2) is 9.78 Å². The first-order valence-electron chi connectivity index (χ1n) is 11.5. The summed E-state index contributed by atoms with van der Waals surface area (Å²) in [7, 11) is 0. The Morgan fingerprint density at radius 2 is 1.89 bits per heavy atom. The zero-order valence-electron chi connectivity index (χ0n) is 19.0. The van der Waals surface area contributed by atoms with Gasteiger partial charge in [0.2, 0.25) is 5.88 Å². The van der Waals surface area contributed by atoms with Gasteiger partial charge in [0.1, 0.15) is 5.69 Å². The average Bonchev–Trinajstić information content (AvgIpc) is 2.85. The number of anilines is 1. The predicted molar refractivity (Wildman–Crippen MR) is 130 cm³/mol. The molecular weight excluding hydrogens is 444 g/mol. The summed E-state index contributed by atoms with van der Waals surface area (Å²) in [4.78, 5) is 30.2. The lowest BCUT2D eigenvalue weighted by molar-refractivity contribution is -0.121. The van der Waals surface area contributed by atoms with Crippen molar-refractivity contribution in [3.8, 4) is 34.3 Å². The Kier molecular flexibility index (Phi) is 5.83. The van der Waals surface area contributed by atoms with Crippen LogP contribution >= 0.6 is 0 Å². The van der Waals surface area contributed by atoms with Crippen LogP contribution in [0.4, 0.5) is 10.5 Å². The first-order valence-corrected chi connectivity index (χ1v) is 11.5. The number of aromatic nitrogens is 1. The molecule has 0 unspecified atom stereocenters. The number of carboxylic acid groups (broad SMARTS) is 1. The molecule has 2 aromatic carbocycles. The van der Waals surface area contributed by atoms with E-state index in [1.165, 1.54) is 0 Å². The number of ether oxygens (including phenoxy) is 1. The summed E-state index contributed by atoms with van der Waals surface area (Å²) in [5, 5.41) is 21.0. The first kappa shape index (κ1) is 22.4. The van der Waals surface area contributed by atoms with Crippen LogP contribution in [-0.4, -0.2) is 35.2 Å². The third-order valence-corrected chi connectivity index (χ3v) is 6.69. The smallest absolute Gasteiger partial charge is 0.405 e. The molecule has 0 bridgehead atoms. The van der Waals surface area contributed by atoms with Crippen molar-refractivity contribution >= 4 is 17.7 Å². The lowest BCUT2D eigenvalue weighted by Crippen LogP contribution is -2.50. The molecule has 0 atom stereocenters. The van der Waals surface area contributed by atoms with E-state index in [9.17, 15) is 14.7 Å². The van der Waals surface area contributed by atoms with Crippen LogP contribution in [0.3, 0.4) is 0 Å². The number of benzene rings is 2. The number of hydrogen-bond acceptors (Lipinski definition) is 5. The Balaban J connectivity index is 1.59. The molecule has 2 heterocycles. The third-order valence-electron chi connectivity index (χ3n) is 6.69. The van der Waals surface area contributed by atoms with E-state index >= 15 is 0 Å². The van der Waals surface area contributed by atoms with Crippen molar-refractivity contribution in [1.82, 2.24) is 10.3 Å². The summed E-state index contributed by atoms with van der Waals surface area (Å²) in [6.07, 6.45) is 1.70. The molecule has 8 nitrogen and oxygen atoms in total. The molecule has 1 aliphatic heterocycles. The predicted octanol–water partition coefficient (Wildman–Crippen LogP) is 4.70. The Bertz CT molecular complexity index is 1310. The van der Waals surface area contributed by atoms with E-state index in [0.29, 0.717) is 17.3 Å². The number of nitriles is 1. The molecule has 1 fully saturated rings. The maximum Gasteiger partial charge on any atom is 0.405 e. The van der Waals surface area contributed by atoms with Crippen LogP contribution in [-0.2, 0) is 10.3 Å². The van der Waals surface area contributed by atoms with Gasteiger partial charge >= 0.3 is 6.09 Å². The van der Waals surface area contributed by atoms with Gasteiger partial charge in [-0.1, -0.05) is 54.6 Å². The monoisotopic (exact) mass is 468 g/mol. The standard InChI is InChI=1S/C27H24N4O4/c28-14-5-15-31-22-16-21(18-6-2-1-3-7-18)24(29-25(22)35-17-23(31)32)19-8-10-20(11-9-19)27(12-4-13-27)30-26(33)34/h1-3,6-11,16,30H,4-5,12-13,15,17H2,(H,33,34). The summed E-state index contributed by atoms with van der Waals surface area (Å²) in [6.45, 7) is 0.145. The second kappa shape index (κ2) is 9.11. The summed E-state index contributed by atoms with van der Waals surface area (Å²) < 4.78 is 5.69. The highest BCUT2D eigenvalue weighted by Gasteiger charge is 2.40. The number of pyridine rings is 1. The van der Waals surface area contributed by atoms with E-state index in [1.807, 2.05) is 60.7 Å². The van der Waals surface area contributed by atoms with Crippen molar-refractivity contribution in [2.45, 2.75) is 31.2 Å². The Labute approximate surface area is 202 Å². The van der Waals surface area contributed by atoms with Crippen molar-refractivity contribution in [3.63, 3.8) is 0 Å². The van der Waals surface area contributed by atoms with Gasteiger partial charge in [-0.15, -0.1) is 0 Å². The minimum absolute atomic E-state index is 0.127. The summed E-state index contributed by atoms with van der Waals surface area (Å²) in [6, 6.07) is 21.5. The fourth-order valence-corrected chi connectivity index (χ4v) is 4.76. The molecule has 8 heteroatoms. The number of hydrogen-bond donors (Lipinski definition) is 2. The largest absolute Gasteiger partial charge is 0.466 e. The number of nitrogens with zero attached hydrogens (tertiary/aromatic N) is 3. The van der Waals surface area contributed by atoms with Gasteiger partial charge < -0.3 is 20.1 Å². The van der Waals surface area contributed by atoms with Gasteiger partial charge in [0.15, 0.2) is 6.61 Å². The Morgan fingerprint density at radius 3 is 2.51 bits per heavy atom. The fourth-order valence-electron chi connectivity index (χ4n) is 4.76. The van der Waals surface area contributed by atoms with E-state index in [-0.39, 0.29) is 25.5 Å². The van der Waals surface area contributed by atoms with Crippen molar-refractivity contribution in [1.29, 1.82) is 5.26 Å². The summed E-state index contributed by atoms with van der Waals surface area (Å²) in [5.74, 6) is 0.145. The van der Waals surface area contributed by atoms with Gasteiger partial charge in [-0.05, 0) is 36.5 Å². The molecule has 35 heavy (non-hydrogen) atoms. The van der Waals surface area contributed by atoms with E-state index in [4.69, 9.17) is 15.0 Å². The molecule has 3 aromatic rings. The highest BCUT2D eigenvalue weighted by atomic mass is 16.5. The molecule has 2 aliphatic rings. The molecule has 5 rings (SSSR count). The number of fused-ring (bicyclic) bond motifs is 1. The van der Waals surface area contributed by atoms with Crippen LogP contribution in [0.1, 0.15) is 31.2 Å². The first-order chi connectivity index (χ1) is 17.0. The van der Waals surface area contributed by atoms with Gasteiger partial charge in [0.25, 0.3) is 5.91 Å². The quantitative estimate of drug-likeness (QED) is 0.542. The number of nitrogens with one attached hydrogen (secondary N) is 1. The second-order valence-electron chi connectivity index (χ2n) is 8.76. The van der Waals surface area contributed by atoms with Crippen LogP contribution in [0.25, 0.3) is 22.4 Å². The topological polar surface area (TPSA) is 116 Å². The highest BCUT2D eigenvalue weighted by Crippen LogP contribution is 2.43. The molecule has 2 amide bonds. The van der Waals surface area contributed by atoms with Crippen molar-refractivity contribution in [3.05, 3.63) is 66.2 Å². The normalized spacial score (nSPS) is 15.9. The van der Waals surface area contributed by atoms with E-state index in [2.05, 4.69) is 11.4 Å². The highest BCUT2D eigenvalue weighted by molar-refractivity contribution is 5.99. The van der Waals surface area contributed by atoms with Crippen molar-refractivity contribution < 1.29 is 19.4 Å². The molecule has 1 aliphatic carbocycles. The Hall–Kier alpha value is -4.38. The SMILES string of the molecule is N#CCCN1C(=O)COc2nc(-c3ccc(C4(NC(=O)O)CCC4)cc3)c(-c3ccccc3)cc21. The number of rotatable bonds is 6. The number of amides is 2. The van der Waals surface area contributed by atoms with Crippen LogP contribution < -0.4 is 15.0 Å². The zero-order chi connectivity index (χ0) is 24.4. The minimum atomic E-state index is -1.02. The minimum Gasteiger partial charge on any atom is -0.466 e.